The number of nitrogens with two attached hydrogens (primary N) is 1. The van der Waals surface area contributed by atoms with Gasteiger partial charge in [-0.15, -0.1) is 11.8 Å². The van der Waals surface area contributed by atoms with E-state index in [1.165, 1.54) is 19.3 Å². The van der Waals surface area contributed by atoms with E-state index in [0.29, 0.717) is 12.2 Å². The summed E-state index contributed by atoms with van der Waals surface area (Å²) >= 11 is 1.71. The van der Waals surface area contributed by atoms with E-state index in [4.69, 9.17) is 5.73 Å². The van der Waals surface area contributed by atoms with Gasteiger partial charge < -0.3 is 11.1 Å². The zero-order valence-electron chi connectivity index (χ0n) is 11.2. The van der Waals surface area contributed by atoms with Crippen molar-refractivity contribution >= 4 is 23.4 Å². The third kappa shape index (κ3) is 4.61. The fourth-order valence-electron chi connectivity index (χ4n) is 1.64. The average Bonchev–Trinajstić information content (AvgIpc) is 2.35. The number of nitrogens with one attached hydrogen (secondary N) is 1. The van der Waals surface area contributed by atoms with Gasteiger partial charge in [-0.3, -0.25) is 4.79 Å². The van der Waals surface area contributed by atoms with Crippen LogP contribution in [0.25, 0.3) is 0 Å². The molecule has 4 heteroatoms. The van der Waals surface area contributed by atoms with E-state index in [0.717, 1.165) is 16.2 Å². The van der Waals surface area contributed by atoms with Gasteiger partial charge in [0.2, 0.25) is 0 Å². The molecule has 0 radical (unpaired) electrons. The number of nitrogen functional groups attached to an aromatic ring is 1. The molecule has 0 spiro atoms. The molecule has 100 valence electrons. The first-order chi connectivity index (χ1) is 8.69. The number of hydrogen-bond acceptors (Lipinski definition) is 3. The summed E-state index contributed by atoms with van der Waals surface area (Å²) in [5.41, 5.74) is 7.23. The predicted octanol–water partition coefficient (Wildman–Crippen LogP) is 3.30. The number of anilines is 1. The Kier molecular flexibility index (Phi) is 6.65. The van der Waals surface area contributed by atoms with Crippen LogP contribution in [0.4, 0.5) is 5.69 Å². The molecule has 1 aromatic carbocycles. The predicted molar refractivity (Wildman–Crippen MR) is 79.1 cm³/mol. The maximum absolute atomic E-state index is 11.9. The van der Waals surface area contributed by atoms with Crippen molar-refractivity contribution in [1.82, 2.24) is 5.32 Å². The zero-order valence-corrected chi connectivity index (χ0v) is 12.0. The molecule has 0 aromatic heterocycles. The standard InChI is InChI=1S/C14H22N2OS/c1-3-5-6-9-18-13-10-11(15)7-8-12(13)14(17)16-4-2/h7-8,10H,3-6,9,15H2,1-2H3,(H,16,17). The monoisotopic (exact) mass is 266 g/mol. The lowest BCUT2D eigenvalue weighted by molar-refractivity contribution is 0.0953. The number of carbonyl (C=O) groups excluding carboxylic acids is 1. The molecule has 3 nitrogen and oxygen atoms in total. The lowest BCUT2D eigenvalue weighted by atomic mass is 10.2. The number of rotatable bonds is 7. The molecule has 0 saturated carbocycles. The first-order valence-electron chi connectivity index (χ1n) is 6.49. The third-order valence-electron chi connectivity index (χ3n) is 2.59. The molecule has 0 bridgehead atoms. The van der Waals surface area contributed by atoms with Gasteiger partial charge in [0.15, 0.2) is 0 Å². The fourth-order valence-corrected chi connectivity index (χ4v) is 2.74. The Labute approximate surface area is 114 Å². The Morgan fingerprint density at radius 2 is 2.11 bits per heavy atom. The largest absolute Gasteiger partial charge is 0.399 e. The minimum Gasteiger partial charge on any atom is -0.399 e. The van der Waals surface area contributed by atoms with Gasteiger partial charge in [-0.05, 0) is 37.3 Å². The SMILES string of the molecule is CCCCCSc1cc(N)ccc1C(=O)NCC. The summed E-state index contributed by atoms with van der Waals surface area (Å²) in [6, 6.07) is 5.48. The summed E-state index contributed by atoms with van der Waals surface area (Å²) in [4.78, 5) is 12.9. The van der Waals surface area contributed by atoms with Crippen LogP contribution >= 0.6 is 11.8 Å². The Hall–Kier alpha value is -1.16. The second kappa shape index (κ2) is 8.03. The smallest absolute Gasteiger partial charge is 0.252 e. The van der Waals surface area contributed by atoms with Crippen molar-refractivity contribution < 1.29 is 4.79 Å². The molecule has 0 fully saturated rings. The number of unbranched alkanes of at least 4 members (excludes halogenated alkanes) is 2. The maximum atomic E-state index is 11.9. The molecule has 1 rings (SSSR count). The topological polar surface area (TPSA) is 55.1 Å². The van der Waals surface area contributed by atoms with E-state index in [1.807, 2.05) is 19.1 Å². The van der Waals surface area contributed by atoms with Crippen molar-refractivity contribution in [1.29, 1.82) is 0 Å². The van der Waals surface area contributed by atoms with Crippen LogP contribution < -0.4 is 11.1 Å². The molecule has 3 N–H and O–H groups in total. The number of carbonyl (C=O) groups is 1. The quantitative estimate of drug-likeness (QED) is 0.452. The molecule has 0 unspecified atom stereocenters. The highest BCUT2D eigenvalue weighted by Gasteiger charge is 2.11. The minimum absolute atomic E-state index is 0.0181. The summed E-state index contributed by atoms with van der Waals surface area (Å²) < 4.78 is 0. The molecule has 0 saturated heterocycles. The molecular formula is C14H22N2OS. The van der Waals surface area contributed by atoms with Crippen molar-refractivity contribution in [3.63, 3.8) is 0 Å². The van der Waals surface area contributed by atoms with Crippen LogP contribution in [0.15, 0.2) is 23.1 Å². The Morgan fingerprint density at radius 3 is 2.78 bits per heavy atom. The van der Waals surface area contributed by atoms with E-state index in [9.17, 15) is 4.79 Å². The van der Waals surface area contributed by atoms with Crippen LogP contribution in [0, 0.1) is 0 Å². The molecule has 18 heavy (non-hydrogen) atoms. The Morgan fingerprint density at radius 1 is 1.33 bits per heavy atom. The number of amides is 1. The van der Waals surface area contributed by atoms with E-state index >= 15 is 0 Å². The summed E-state index contributed by atoms with van der Waals surface area (Å²) in [6.07, 6.45) is 3.61. The minimum atomic E-state index is -0.0181. The fraction of sp³-hybridized carbons (Fsp3) is 0.500. The zero-order chi connectivity index (χ0) is 13.4. The lowest BCUT2D eigenvalue weighted by Crippen LogP contribution is -2.23. The van der Waals surface area contributed by atoms with Gasteiger partial charge in [-0.1, -0.05) is 19.8 Å². The van der Waals surface area contributed by atoms with E-state index in [1.54, 1.807) is 17.8 Å². The molecule has 0 aliphatic rings. The van der Waals surface area contributed by atoms with Crippen LogP contribution in [0.3, 0.4) is 0 Å². The van der Waals surface area contributed by atoms with Gasteiger partial charge in [0, 0.05) is 17.1 Å². The van der Waals surface area contributed by atoms with Crippen molar-refractivity contribution in [2.45, 2.75) is 38.0 Å². The third-order valence-corrected chi connectivity index (χ3v) is 3.73. The van der Waals surface area contributed by atoms with E-state index in [2.05, 4.69) is 12.2 Å². The van der Waals surface area contributed by atoms with Crippen LogP contribution in [-0.4, -0.2) is 18.2 Å². The lowest BCUT2D eigenvalue weighted by Gasteiger charge is -2.10. The van der Waals surface area contributed by atoms with Crippen LogP contribution in [0.2, 0.25) is 0 Å². The van der Waals surface area contributed by atoms with Gasteiger partial charge in [0.25, 0.3) is 5.91 Å². The van der Waals surface area contributed by atoms with Crippen molar-refractivity contribution in [2.24, 2.45) is 0 Å². The van der Waals surface area contributed by atoms with E-state index in [-0.39, 0.29) is 5.91 Å². The molecule has 1 aromatic rings. The number of hydrogen-bond donors (Lipinski definition) is 2. The van der Waals surface area contributed by atoms with Gasteiger partial charge in [0.05, 0.1) is 5.56 Å². The molecular weight excluding hydrogens is 244 g/mol. The molecule has 1 amide bonds. The molecule has 0 heterocycles. The summed E-state index contributed by atoms with van der Waals surface area (Å²) in [5.74, 6) is 1.01. The second-order valence-corrected chi connectivity index (χ2v) is 5.31. The highest BCUT2D eigenvalue weighted by atomic mass is 32.2. The van der Waals surface area contributed by atoms with Crippen LogP contribution in [-0.2, 0) is 0 Å². The Balaban J connectivity index is 2.73. The maximum Gasteiger partial charge on any atom is 0.252 e. The summed E-state index contributed by atoms with van der Waals surface area (Å²) in [7, 11) is 0. The van der Waals surface area contributed by atoms with Gasteiger partial charge in [0.1, 0.15) is 0 Å². The number of thioether (sulfide) groups is 1. The van der Waals surface area contributed by atoms with Gasteiger partial charge >= 0.3 is 0 Å². The summed E-state index contributed by atoms with van der Waals surface area (Å²) in [6.45, 7) is 4.75. The average molecular weight is 266 g/mol. The normalized spacial score (nSPS) is 10.3. The van der Waals surface area contributed by atoms with Gasteiger partial charge in [-0.2, -0.15) is 0 Å². The van der Waals surface area contributed by atoms with Crippen LogP contribution in [0.1, 0.15) is 43.5 Å². The summed E-state index contributed by atoms with van der Waals surface area (Å²) in [5, 5.41) is 2.83. The molecule has 0 aliphatic heterocycles. The van der Waals surface area contributed by atoms with Crippen molar-refractivity contribution in [3.8, 4) is 0 Å². The van der Waals surface area contributed by atoms with Gasteiger partial charge in [-0.25, -0.2) is 0 Å². The first kappa shape index (κ1) is 14.9. The van der Waals surface area contributed by atoms with E-state index < -0.39 is 0 Å². The second-order valence-electron chi connectivity index (χ2n) is 4.17. The Bertz CT molecular complexity index is 393. The first-order valence-corrected chi connectivity index (χ1v) is 7.48. The van der Waals surface area contributed by atoms with Crippen molar-refractivity contribution in [2.75, 3.05) is 18.0 Å². The highest BCUT2D eigenvalue weighted by Crippen LogP contribution is 2.26. The number of benzene rings is 1. The highest BCUT2D eigenvalue weighted by molar-refractivity contribution is 7.99. The molecule has 0 aliphatic carbocycles. The van der Waals surface area contributed by atoms with Crippen LogP contribution in [0.5, 0.6) is 0 Å². The van der Waals surface area contributed by atoms with Crippen molar-refractivity contribution in [3.05, 3.63) is 23.8 Å². The molecule has 0 atom stereocenters.